The molecule has 4 nitrogen and oxygen atoms in total. The Balaban J connectivity index is 3.98. The second kappa shape index (κ2) is 6.08. The van der Waals surface area contributed by atoms with Crippen molar-refractivity contribution in [3.05, 3.63) is 0 Å². The van der Waals surface area contributed by atoms with E-state index in [0.717, 1.165) is 0 Å². The first-order valence-electron chi connectivity index (χ1n) is 5.44. The molecule has 0 aromatic carbocycles. The number of hydrogen-bond donors (Lipinski definition) is 2. The van der Waals surface area contributed by atoms with Crippen LogP contribution in [0, 0.1) is 5.92 Å². The maximum atomic E-state index is 11.2. The summed E-state index contributed by atoms with van der Waals surface area (Å²) in [7, 11) is 1.73. The normalized spacial score (nSPS) is 17.5. The van der Waals surface area contributed by atoms with Gasteiger partial charge in [-0.3, -0.25) is 4.79 Å². The molecule has 0 bridgehead atoms. The Morgan fingerprint density at radius 2 is 2.00 bits per heavy atom. The van der Waals surface area contributed by atoms with Crippen LogP contribution in [-0.4, -0.2) is 31.2 Å². The Kier molecular flexibility index (Phi) is 5.83. The third-order valence-electron chi connectivity index (χ3n) is 3.02. The van der Waals surface area contributed by atoms with Crippen LogP contribution in [0.2, 0.25) is 0 Å². The molecule has 1 amide bonds. The van der Waals surface area contributed by atoms with Gasteiger partial charge < -0.3 is 15.8 Å². The van der Waals surface area contributed by atoms with Gasteiger partial charge >= 0.3 is 0 Å². The number of rotatable bonds is 7. The molecule has 0 aliphatic rings. The Morgan fingerprint density at radius 1 is 1.47 bits per heavy atom. The maximum absolute atomic E-state index is 11.2. The molecular formula is C11H24N2O2. The van der Waals surface area contributed by atoms with Crippen molar-refractivity contribution >= 4 is 5.91 Å². The number of hydrogen-bond acceptors (Lipinski definition) is 3. The van der Waals surface area contributed by atoms with Gasteiger partial charge in [0.05, 0.1) is 11.6 Å². The second-order valence-corrected chi connectivity index (χ2v) is 4.52. The molecular weight excluding hydrogens is 192 g/mol. The first-order valence-corrected chi connectivity index (χ1v) is 5.44. The van der Waals surface area contributed by atoms with E-state index in [0.29, 0.717) is 18.9 Å². The Bertz CT molecular complexity index is 207. The van der Waals surface area contributed by atoms with Crippen LogP contribution in [-0.2, 0) is 9.53 Å². The number of nitrogens with two attached hydrogens (primary N) is 1. The van der Waals surface area contributed by atoms with Crippen molar-refractivity contribution in [1.82, 2.24) is 5.32 Å². The molecule has 0 spiro atoms. The van der Waals surface area contributed by atoms with Crippen LogP contribution < -0.4 is 11.1 Å². The van der Waals surface area contributed by atoms with Crippen molar-refractivity contribution in [2.75, 3.05) is 13.7 Å². The lowest BCUT2D eigenvalue weighted by Gasteiger charge is -2.26. The smallest absolute Gasteiger partial charge is 0.237 e. The molecule has 0 saturated heterocycles. The highest BCUT2D eigenvalue weighted by atomic mass is 16.5. The second-order valence-electron chi connectivity index (χ2n) is 4.52. The van der Waals surface area contributed by atoms with Gasteiger partial charge in [-0.05, 0) is 33.2 Å². The highest BCUT2D eigenvalue weighted by molar-refractivity contribution is 5.84. The van der Waals surface area contributed by atoms with Gasteiger partial charge in [0.2, 0.25) is 5.91 Å². The van der Waals surface area contributed by atoms with Crippen molar-refractivity contribution in [1.29, 1.82) is 0 Å². The number of carbonyl (C=O) groups excluding carboxylic acids is 1. The lowest BCUT2D eigenvalue weighted by Crippen LogP contribution is -2.52. The molecule has 0 heterocycles. The van der Waals surface area contributed by atoms with Crippen LogP contribution in [0.1, 0.15) is 34.1 Å². The minimum atomic E-state index is -0.670. The minimum Gasteiger partial charge on any atom is -0.378 e. The molecule has 0 radical (unpaired) electrons. The van der Waals surface area contributed by atoms with E-state index in [4.69, 9.17) is 10.5 Å². The summed E-state index contributed by atoms with van der Waals surface area (Å²) in [6, 6.07) is 0. The number of amides is 1. The van der Waals surface area contributed by atoms with Gasteiger partial charge in [0.1, 0.15) is 0 Å². The molecule has 0 aromatic heterocycles. The van der Waals surface area contributed by atoms with Crippen molar-refractivity contribution in [3.63, 3.8) is 0 Å². The van der Waals surface area contributed by atoms with Gasteiger partial charge in [-0.1, -0.05) is 13.8 Å². The molecule has 15 heavy (non-hydrogen) atoms. The Morgan fingerprint density at radius 3 is 2.33 bits per heavy atom. The lowest BCUT2D eigenvalue weighted by atomic mass is 9.98. The van der Waals surface area contributed by atoms with Crippen LogP contribution >= 0.6 is 0 Å². The van der Waals surface area contributed by atoms with Gasteiger partial charge in [0.25, 0.3) is 0 Å². The molecule has 0 fully saturated rings. The fourth-order valence-electron chi connectivity index (χ4n) is 1.01. The van der Waals surface area contributed by atoms with Crippen LogP contribution in [0.25, 0.3) is 0 Å². The first-order chi connectivity index (χ1) is 6.83. The number of nitrogens with one attached hydrogen (secondary N) is 1. The van der Waals surface area contributed by atoms with Gasteiger partial charge in [0, 0.05) is 6.61 Å². The predicted molar refractivity (Wildman–Crippen MR) is 61.5 cm³/mol. The van der Waals surface area contributed by atoms with Crippen LogP contribution in [0.5, 0.6) is 0 Å². The number of carbonyl (C=O) groups is 1. The number of ether oxygens (including phenoxy) is 1. The zero-order valence-electron chi connectivity index (χ0n) is 10.5. The maximum Gasteiger partial charge on any atom is 0.237 e. The van der Waals surface area contributed by atoms with E-state index in [-0.39, 0.29) is 12.0 Å². The molecule has 3 N–H and O–H groups in total. The van der Waals surface area contributed by atoms with Crippen LogP contribution in [0.3, 0.4) is 0 Å². The average molecular weight is 216 g/mol. The number of primary amides is 1. The summed E-state index contributed by atoms with van der Waals surface area (Å²) in [6.45, 7) is 8.58. The first kappa shape index (κ1) is 14.4. The van der Waals surface area contributed by atoms with E-state index in [1.165, 1.54) is 0 Å². The fraction of sp³-hybridized carbons (Fsp3) is 0.909. The van der Waals surface area contributed by atoms with Gasteiger partial charge in [-0.2, -0.15) is 0 Å². The van der Waals surface area contributed by atoms with Crippen molar-refractivity contribution in [3.8, 4) is 0 Å². The quantitative estimate of drug-likeness (QED) is 0.664. The van der Waals surface area contributed by atoms with E-state index in [1.54, 1.807) is 14.0 Å². The van der Waals surface area contributed by atoms with Gasteiger partial charge in [-0.15, -0.1) is 0 Å². The molecule has 4 heteroatoms. The minimum absolute atomic E-state index is 0.207. The summed E-state index contributed by atoms with van der Waals surface area (Å²) in [5.74, 6) is 0.144. The topological polar surface area (TPSA) is 64.3 Å². The highest BCUT2D eigenvalue weighted by Crippen LogP contribution is 2.11. The van der Waals surface area contributed by atoms with Gasteiger partial charge in [0.15, 0.2) is 0 Å². The molecule has 2 unspecified atom stereocenters. The van der Waals surface area contributed by atoms with Gasteiger partial charge in [-0.25, -0.2) is 0 Å². The van der Waals surface area contributed by atoms with E-state index in [9.17, 15) is 4.79 Å². The van der Waals surface area contributed by atoms with Crippen LogP contribution in [0.4, 0.5) is 0 Å². The summed E-state index contributed by atoms with van der Waals surface area (Å²) in [5.41, 5.74) is 4.63. The summed E-state index contributed by atoms with van der Waals surface area (Å²) < 4.78 is 5.60. The summed E-state index contributed by atoms with van der Waals surface area (Å²) in [4.78, 5) is 11.2. The fourth-order valence-corrected chi connectivity index (χ4v) is 1.01. The largest absolute Gasteiger partial charge is 0.378 e. The third-order valence-corrected chi connectivity index (χ3v) is 3.02. The summed E-state index contributed by atoms with van der Waals surface area (Å²) >= 11 is 0. The SMILES string of the molecule is CNC(C)(CCOC(C)C(C)C)C(N)=O. The zero-order valence-corrected chi connectivity index (χ0v) is 10.5. The van der Waals surface area contributed by atoms with E-state index < -0.39 is 5.54 Å². The average Bonchev–Trinajstić information content (AvgIpc) is 2.16. The van der Waals surface area contributed by atoms with E-state index in [1.807, 2.05) is 6.92 Å². The van der Waals surface area contributed by atoms with Crippen molar-refractivity contribution < 1.29 is 9.53 Å². The monoisotopic (exact) mass is 216 g/mol. The predicted octanol–water partition coefficient (Wildman–Crippen LogP) is 0.901. The Labute approximate surface area is 92.6 Å². The number of likely N-dealkylation sites (N-methyl/N-ethyl adjacent to an activating group) is 1. The highest BCUT2D eigenvalue weighted by Gasteiger charge is 2.28. The summed E-state index contributed by atoms with van der Waals surface area (Å²) in [5, 5.41) is 2.93. The molecule has 0 rings (SSSR count). The van der Waals surface area contributed by atoms with E-state index >= 15 is 0 Å². The molecule has 0 aliphatic heterocycles. The lowest BCUT2D eigenvalue weighted by molar-refractivity contribution is -0.124. The molecule has 0 aromatic rings. The van der Waals surface area contributed by atoms with Crippen molar-refractivity contribution in [2.45, 2.75) is 45.8 Å². The summed E-state index contributed by atoms with van der Waals surface area (Å²) in [6.07, 6.45) is 0.801. The molecule has 0 aliphatic carbocycles. The van der Waals surface area contributed by atoms with Crippen LogP contribution in [0.15, 0.2) is 0 Å². The van der Waals surface area contributed by atoms with E-state index in [2.05, 4.69) is 19.2 Å². The Hall–Kier alpha value is -0.610. The zero-order chi connectivity index (χ0) is 12.1. The molecule has 90 valence electrons. The molecule has 0 saturated carbocycles. The molecule has 2 atom stereocenters. The third kappa shape index (κ3) is 4.62. The van der Waals surface area contributed by atoms with Crippen molar-refractivity contribution in [2.24, 2.45) is 11.7 Å². The standard InChI is InChI=1S/C11H24N2O2/c1-8(2)9(3)15-7-6-11(4,13-5)10(12)14/h8-9,13H,6-7H2,1-5H3,(H2,12,14).